The number of hydrogen-bond donors (Lipinski definition) is 0. The second-order valence-electron chi connectivity index (χ2n) is 9.17. The lowest BCUT2D eigenvalue weighted by Gasteiger charge is -2.31. The van der Waals surface area contributed by atoms with Gasteiger partial charge < -0.3 is 0 Å². The molecule has 0 aliphatic carbocycles. The van der Waals surface area contributed by atoms with Crippen molar-refractivity contribution in [1.29, 1.82) is 0 Å². The van der Waals surface area contributed by atoms with Crippen LogP contribution in [0.2, 0.25) is 0 Å². The van der Waals surface area contributed by atoms with Gasteiger partial charge in [0.2, 0.25) is 10.0 Å². The van der Waals surface area contributed by atoms with Crippen molar-refractivity contribution in [2.45, 2.75) is 56.3 Å². The van der Waals surface area contributed by atoms with Crippen molar-refractivity contribution in [3.8, 4) is 0 Å². The summed E-state index contributed by atoms with van der Waals surface area (Å²) >= 11 is 1.60. The van der Waals surface area contributed by atoms with E-state index in [1.54, 1.807) is 27.8 Å². The highest BCUT2D eigenvalue weighted by molar-refractivity contribution is 7.89. The molecule has 0 spiro atoms. The van der Waals surface area contributed by atoms with Crippen molar-refractivity contribution < 1.29 is 8.42 Å². The third-order valence-corrected chi connectivity index (χ3v) is 8.74. The van der Waals surface area contributed by atoms with Crippen molar-refractivity contribution in [3.63, 3.8) is 0 Å². The topological polar surface area (TPSA) is 63.2 Å². The maximum atomic E-state index is 13.3. The zero-order valence-electron chi connectivity index (χ0n) is 18.3. The molecule has 0 amide bonds. The van der Waals surface area contributed by atoms with Gasteiger partial charge in [-0.2, -0.15) is 4.31 Å². The van der Waals surface area contributed by atoms with E-state index in [4.69, 9.17) is 0 Å². The van der Waals surface area contributed by atoms with Crippen LogP contribution >= 0.6 is 11.3 Å². The average Bonchev–Trinajstić information content (AvgIpc) is 3.22. The SMILES string of the molecule is CC(C)(C)c1ccc(S(=O)(=O)N2CCCC(c3nnc(Cc4ccccc4)s3)C2)cc1. The molecule has 7 heteroatoms. The molecule has 1 atom stereocenters. The first-order valence-corrected chi connectivity index (χ1v) is 13.0. The molecule has 1 aliphatic rings. The lowest BCUT2D eigenvalue weighted by Crippen LogP contribution is -2.39. The largest absolute Gasteiger partial charge is 0.243 e. The van der Waals surface area contributed by atoms with Gasteiger partial charge in [-0.15, -0.1) is 21.5 Å². The van der Waals surface area contributed by atoms with Crippen LogP contribution in [-0.4, -0.2) is 36.0 Å². The van der Waals surface area contributed by atoms with E-state index in [1.807, 2.05) is 30.3 Å². The summed E-state index contributed by atoms with van der Waals surface area (Å²) in [5.74, 6) is 0.0967. The molecule has 1 saturated heterocycles. The van der Waals surface area contributed by atoms with Crippen LogP contribution in [0.15, 0.2) is 59.5 Å². The maximum Gasteiger partial charge on any atom is 0.243 e. The van der Waals surface area contributed by atoms with Gasteiger partial charge in [-0.1, -0.05) is 63.2 Å². The van der Waals surface area contributed by atoms with E-state index in [-0.39, 0.29) is 11.3 Å². The van der Waals surface area contributed by atoms with Gasteiger partial charge in [0.25, 0.3) is 0 Å². The zero-order chi connectivity index (χ0) is 22.1. The maximum absolute atomic E-state index is 13.3. The number of sulfonamides is 1. The van der Waals surface area contributed by atoms with Crippen LogP contribution in [0.3, 0.4) is 0 Å². The molecule has 2 aromatic carbocycles. The Morgan fingerprint density at radius 1 is 1.03 bits per heavy atom. The Bertz CT molecular complexity index is 1120. The van der Waals surface area contributed by atoms with Crippen molar-refractivity contribution in [1.82, 2.24) is 14.5 Å². The van der Waals surface area contributed by atoms with Crippen LogP contribution in [0.4, 0.5) is 0 Å². The van der Waals surface area contributed by atoms with E-state index < -0.39 is 10.0 Å². The molecule has 2 heterocycles. The van der Waals surface area contributed by atoms with E-state index >= 15 is 0 Å². The van der Waals surface area contributed by atoms with Gasteiger partial charge in [-0.25, -0.2) is 8.42 Å². The minimum Gasteiger partial charge on any atom is -0.207 e. The summed E-state index contributed by atoms with van der Waals surface area (Å²) < 4.78 is 28.1. The Kier molecular flexibility index (Phi) is 6.28. The average molecular weight is 456 g/mol. The first-order valence-electron chi connectivity index (χ1n) is 10.7. The zero-order valence-corrected chi connectivity index (χ0v) is 19.9. The number of piperidine rings is 1. The molecule has 1 aliphatic heterocycles. The minimum atomic E-state index is -3.52. The molecule has 4 rings (SSSR count). The predicted octanol–water partition coefficient (Wildman–Crippen LogP) is 4.99. The lowest BCUT2D eigenvalue weighted by molar-refractivity contribution is 0.314. The van der Waals surface area contributed by atoms with Gasteiger partial charge in [0, 0.05) is 25.4 Å². The molecule has 1 fully saturated rings. The quantitative estimate of drug-likeness (QED) is 0.543. The van der Waals surface area contributed by atoms with E-state index in [1.165, 1.54) is 5.56 Å². The fraction of sp³-hybridized carbons (Fsp3) is 0.417. The third kappa shape index (κ3) is 5.05. The standard InChI is InChI=1S/C24H29N3O2S2/c1-24(2,3)20-11-13-21(14-12-20)31(28,29)27-15-7-10-19(17-27)23-26-25-22(30-23)16-18-8-5-4-6-9-18/h4-6,8-9,11-14,19H,7,10,15-17H2,1-3H3. The smallest absolute Gasteiger partial charge is 0.207 e. The van der Waals surface area contributed by atoms with E-state index in [0.717, 1.165) is 34.8 Å². The van der Waals surface area contributed by atoms with Crippen molar-refractivity contribution in [2.24, 2.45) is 0 Å². The second-order valence-corrected chi connectivity index (χ2v) is 12.2. The van der Waals surface area contributed by atoms with Crippen LogP contribution in [0.1, 0.15) is 60.7 Å². The molecular weight excluding hydrogens is 426 g/mol. The fourth-order valence-electron chi connectivity index (χ4n) is 3.91. The molecule has 164 valence electrons. The molecule has 0 saturated carbocycles. The molecule has 3 aromatic rings. The highest BCUT2D eigenvalue weighted by Crippen LogP contribution is 2.33. The highest BCUT2D eigenvalue weighted by Gasteiger charge is 2.32. The molecule has 0 bridgehead atoms. The third-order valence-electron chi connectivity index (χ3n) is 5.77. The molecule has 31 heavy (non-hydrogen) atoms. The number of hydrogen-bond acceptors (Lipinski definition) is 5. The van der Waals surface area contributed by atoms with E-state index in [9.17, 15) is 8.42 Å². The molecule has 5 nitrogen and oxygen atoms in total. The Morgan fingerprint density at radius 2 is 1.74 bits per heavy atom. The summed E-state index contributed by atoms with van der Waals surface area (Å²) in [6.45, 7) is 7.39. The number of aromatic nitrogens is 2. The van der Waals surface area contributed by atoms with E-state index in [0.29, 0.717) is 18.0 Å². The normalized spacial score (nSPS) is 18.2. The number of rotatable bonds is 5. The Morgan fingerprint density at radius 3 is 2.42 bits per heavy atom. The highest BCUT2D eigenvalue weighted by atomic mass is 32.2. The van der Waals surface area contributed by atoms with Gasteiger partial charge >= 0.3 is 0 Å². The lowest BCUT2D eigenvalue weighted by atomic mass is 9.87. The summed E-state index contributed by atoms with van der Waals surface area (Å²) in [5.41, 5.74) is 2.33. The van der Waals surface area contributed by atoms with Gasteiger partial charge in [0.15, 0.2) is 0 Å². The van der Waals surface area contributed by atoms with Crippen LogP contribution in [0.5, 0.6) is 0 Å². The van der Waals surface area contributed by atoms with Crippen LogP contribution in [-0.2, 0) is 21.9 Å². The van der Waals surface area contributed by atoms with Crippen molar-refractivity contribution in [2.75, 3.05) is 13.1 Å². The minimum absolute atomic E-state index is 0.00614. The Labute approximate surface area is 189 Å². The molecular formula is C24H29N3O2S2. The molecule has 1 unspecified atom stereocenters. The Hall–Kier alpha value is -2.09. The molecule has 0 radical (unpaired) electrons. The molecule has 0 N–H and O–H groups in total. The van der Waals surface area contributed by atoms with Crippen LogP contribution in [0, 0.1) is 0 Å². The summed E-state index contributed by atoms with van der Waals surface area (Å²) in [7, 11) is -3.52. The summed E-state index contributed by atoms with van der Waals surface area (Å²) in [6, 6.07) is 17.5. The summed E-state index contributed by atoms with van der Waals surface area (Å²) in [5, 5.41) is 10.7. The monoisotopic (exact) mass is 455 g/mol. The first kappa shape index (κ1) is 22.1. The first-order chi connectivity index (χ1) is 14.7. The Balaban J connectivity index is 1.48. The fourth-order valence-corrected chi connectivity index (χ4v) is 6.44. The van der Waals surface area contributed by atoms with Crippen molar-refractivity contribution >= 4 is 21.4 Å². The van der Waals surface area contributed by atoms with Gasteiger partial charge in [-0.3, -0.25) is 0 Å². The van der Waals surface area contributed by atoms with Crippen molar-refractivity contribution in [3.05, 3.63) is 75.7 Å². The number of benzene rings is 2. The van der Waals surface area contributed by atoms with Gasteiger partial charge in [0.05, 0.1) is 4.90 Å². The second kappa shape index (κ2) is 8.81. The van der Waals surface area contributed by atoms with E-state index in [2.05, 4.69) is 43.1 Å². The van der Waals surface area contributed by atoms with Crippen LogP contribution in [0.25, 0.3) is 0 Å². The summed E-state index contributed by atoms with van der Waals surface area (Å²) in [4.78, 5) is 0.364. The molecule has 1 aromatic heterocycles. The van der Waals surface area contributed by atoms with Crippen LogP contribution < -0.4 is 0 Å². The predicted molar refractivity (Wildman–Crippen MR) is 125 cm³/mol. The van der Waals surface area contributed by atoms with Gasteiger partial charge in [0.1, 0.15) is 10.0 Å². The van der Waals surface area contributed by atoms with Gasteiger partial charge in [-0.05, 0) is 41.5 Å². The summed E-state index contributed by atoms with van der Waals surface area (Å²) in [6.07, 6.45) is 2.53. The number of nitrogens with zero attached hydrogens (tertiary/aromatic N) is 3.